The van der Waals surface area contributed by atoms with E-state index in [9.17, 15) is 4.79 Å². The SMILES string of the molecule is COc1ccc2c(c1)-c1c(sn(-c3ccc(Br)cc3)c1=S)C(C)(C)N2C(=O)c1ccc(C)cc1. The second kappa shape index (κ2) is 8.48. The molecule has 0 fully saturated rings. The number of carbonyl (C=O) groups excluding carboxylic acids is 1. The van der Waals surface area contributed by atoms with E-state index in [1.54, 1.807) is 18.6 Å². The molecule has 0 aliphatic carbocycles. The van der Waals surface area contributed by atoms with E-state index in [0.717, 1.165) is 47.8 Å². The molecule has 5 rings (SSSR count). The molecular weight excluding hydrogens is 528 g/mol. The third-order valence-electron chi connectivity index (χ3n) is 6.20. The molecule has 1 aromatic heterocycles. The second-order valence-corrected chi connectivity index (χ2v) is 11.1. The number of aromatic nitrogens is 1. The van der Waals surface area contributed by atoms with Gasteiger partial charge in [-0.15, -0.1) is 0 Å². The van der Waals surface area contributed by atoms with Crippen molar-refractivity contribution >= 4 is 51.3 Å². The second-order valence-electron chi connectivity index (χ2n) is 8.82. The largest absolute Gasteiger partial charge is 0.497 e. The van der Waals surface area contributed by atoms with Gasteiger partial charge in [-0.05, 0) is 75.4 Å². The summed E-state index contributed by atoms with van der Waals surface area (Å²) in [5, 5.41) is 0. The van der Waals surface area contributed by atoms with Crippen LogP contribution in [0, 0.1) is 11.6 Å². The zero-order valence-corrected chi connectivity index (χ0v) is 22.5. The minimum absolute atomic E-state index is 0.0448. The highest BCUT2D eigenvalue weighted by molar-refractivity contribution is 9.10. The van der Waals surface area contributed by atoms with Crippen molar-refractivity contribution in [1.29, 1.82) is 0 Å². The average Bonchev–Trinajstić information content (AvgIpc) is 3.18. The number of anilines is 1. The van der Waals surface area contributed by atoms with Gasteiger partial charge in [0, 0.05) is 21.2 Å². The molecule has 0 unspecified atom stereocenters. The Morgan fingerprint density at radius 1 is 1.03 bits per heavy atom. The van der Waals surface area contributed by atoms with E-state index in [4.69, 9.17) is 17.0 Å². The molecule has 34 heavy (non-hydrogen) atoms. The third kappa shape index (κ3) is 3.63. The van der Waals surface area contributed by atoms with Crippen molar-refractivity contribution in [2.75, 3.05) is 12.0 Å². The molecule has 172 valence electrons. The Morgan fingerprint density at radius 2 is 1.71 bits per heavy atom. The molecule has 7 heteroatoms. The average molecular weight is 552 g/mol. The predicted octanol–water partition coefficient (Wildman–Crippen LogP) is 7.91. The zero-order valence-electron chi connectivity index (χ0n) is 19.3. The molecule has 1 amide bonds. The van der Waals surface area contributed by atoms with Crippen LogP contribution in [0.5, 0.6) is 5.75 Å². The summed E-state index contributed by atoms with van der Waals surface area (Å²) >= 11 is 11.1. The van der Waals surface area contributed by atoms with E-state index >= 15 is 0 Å². The Bertz CT molecular complexity index is 1470. The molecule has 1 aliphatic heterocycles. The normalized spacial score (nSPS) is 13.9. The molecule has 0 atom stereocenters. The molecule has 0 saturated carbocycles. The fourth-order valence-electron chi connectivity index (χ4n) is 4.41. The van der Waals surface area contributed by atoms with E-state index in [2.05, 4.69) is 33.7 Å². The number of methoxy groups -OCH3 is 1. The lowest BCUT2D eigenvalue weighted by Crippen LogP contribution is -2.47. The van der Waals surface area contributed by atoms with E-state index in [1.165, 1.54) is 0 Å². The van der Waals surface area contributed by atoms with Gasteiger partial charge in [0.2, 0.25) is 0 Å². The van der Waals surface area contributed by atoms with Crippen LogP contribution >= 0.6 is 39.7 Å². The number of halogens is 1. The molecule has 0 spiro atoms. The highest BCUT2D eigenvalue weighted by atomic mass is 79.9. The number of nitrogens with zero attached hydrogens (tertiary/aromatic N) is 2. The molecule has 0 bridgehead atoms. The van der Waals surface area contributed by atoms with E-state index in [0.29, 0.717) is 5.56 Å². The quantitative estimate of drug-likeness (QED) is 0.243. The first-order valence-corrected chi connectivity index (χ1v) is 12.8. The molecule has 3 aromatic carbocycles. The highest BCUT2D eigenvalue weighted by Crippen LogP contribution is 2.52. The van der Waals surface area contributed by atoms with Crippen LogP contribution in [0.2, 0.25) is 0 Å². The smallest absolute Gasteiger partial charge is 0.259 e. The summed E-state index contributed by atoms with van der Waals surface area (Å²) in [6.45, 7) is 6.19. The van der Waals surface area contributed by atoms with Crippen LogP contribution < -0.4 is 9.64 Å². The first-order chi connectivity index (χ1) is 16.2. The maximum absolute atomic E-state index is 13.9. The maximum Gasteiger partial charge on any atom is 0.259 e. The van der Waals surface area contributed by atoms with Gasteiger partial charge in [-0.25, -0.2) is 0 Å². The van der Waals surface area contributed by atoms with Crippen LogP contribution in [0.1, 0.15) is 34.6 Å². The fraction of sp³-hybridized carbons (Fsp3) is 0.185. The van der Waals surface area contributed by atoms with Crippen LogP contribution in [0.3, 0.4) is 0 Å². The van der Waals surface area contributed by atoms with Gasteiger partial charge in [0.1, 0.15) is 10.4 Å². The van der Waals surface area contributed by atoms with Crippen molar-refractivity contribution in [2.24, 2.45) is 0 Å². The number of aryl methyl sites for hydroxylation is 1. The molecule has 0 radical (unpaired) electrons. The van der Waals surface area contributed by atoms with Gasteiger partial charge >= 0.3 is 0 Å². The number of hydrogen-bond donors (Lipinski definition) is 0. The van der Waals surface area contributed by atoms with Crippen LogP contribution in [0.25, 0.3) is 16.8 Å². The van der Waals surface area contributed by atoms with Crippen molar-refractivity contribution in [2.45, 2.75) is 26.3 Å². The highest BCUT2D eigenvalue weighted by Gasteiger charge is 2.44. The lowest BCUT2D eigenvalue weighted by Gasteiger charge is -2.42. The maximum atomic E-state index is 13.9. The van der Waals surface area contributed by atoms with Crippen molar-refractivity contribution in [1.82, 2.24) is 3.96 Å². The number of carbonyl (C=O) groups is 1. The van der Waals surface area contributed by atoms with Crippen molar-refractivity contribution in [3.63, 3.8) is 0 Å². The lowest BCUT2D eigenvalue weighted by atomic mass is 9.86. The van der Waals surface area contributed by atoms with Gasteiger partial charge in [0.15, 0.2) is 0 Å². The summed E-state index contributed by atoms with van der Waals surface area (Å²) in [6, 6.07) is 21.6. The molecule has 4 aromatic rings. The topological polar surface area (TPSA) is 34.5 Å². The number of benzene rings is 3. The summed E-state index contributed by atoms with van der Waals surface area (Å²) in [6.07, 6.45) is 0. The Balaban J connectivity index is 1.76. The standard InChI is InChI=1S/C27H23BrN2O2S2/c1-16-5-7-17(8-6-16)25(31)29-22-14-13-20(32-4)15-21(22)23-24(27(29,2)3)34-30(26(23)33)19-11-9-18(28)10-12-19/h5-15H,1-4H3. The molecular formula is C27H23BrN2O2S2. The van der Waals surface area contributed by atoms with Crippen molar-refractivity contribution in [3.8, 4) is 22.6 Å². The third-order valence-corrected chi connectivity index (χ3v) is 8.69. The molecule has 0 saturated heterocycles. The Morgan fingerprint density at radius 3 is 2.35 bits per heavy atom. The van der Waals surface area contributed by atoms with Crippen LogP contribution in [-0.2, 0) is 5.54 Å². The van der Waals surface area contributed by atoms with Crippen LogP contribution in [-0.4, -0.2) is 17.0 Å². The number of fused-ring (bicyclic) bond motifs is 3. The van der Waals surface area contributed by atoms with Crippen LogP contribution in [0.4, 0.5) is 5.69 Å². The number of amides is 1. The van der Waals surface area contributed by atoms with Gasteiger partial charge in [0.25, 0.3) is 5.91 Å². The lowest BCUT2D eigenvalue weighted by molar-refractivity contribution is 0.0961. The Hall–Kier alpha value is -2.74. The van der Waals surface area contributed by atoms with Gasteiger partial charge in [-0.3, -0.25) is 13.7 Å². The summed E-state index contributed by atoms with van der Waals surface area (Å²) in [4.78, 5) is 16.9. The summed E-state index contributed by atoms with van der Waals surface area (Å²) in [5.41, 5.74) is 4.87. The molecule has 2 heterocycles. The van der Waals surface area contributed by atoms with Crippen molar-refractivity contribution in [3.05, 3.63) is 91.8 Å². The minimum atomic E-state index is -0.613. The van der Waals surface area contributed by atoms with Crippen molar-refractivity contribution < 1.29 is 9.53 Å². The zero-order chi connectivity index (χ0) is 24.2. The Labute approximate surface area is 216 Å². The van der Waals surface area contributed by atoms with Gasteiger partial charge in [-0.1, -0.05) is 57.4 Å². The van der Waals surface area contributed by atoms with Gasteiger partial charge in [-0.2, -0.15) is 0 Å². The van der Waals surface area contributed by atoms with E-state index in [1.807, 2.05) is 78.6 Å². The fourth-order valence-corrected chi connectivity index (χ4v) is 6.36. The first kappa shape index (κ1) is 23.0. The number of ether oxygens (including phenoxy) is 1. The summed E-state index contributed by atoms with van der Waals surface area (Å²) in [7, 11) is 1.65. The minimum Gasteiger partial charge on any atom is -0.497 e. The van der Waals surface area contributed by atoms with Crippen LogP contribution in [0.15, 0.2) is 71.2 Å². The molecule has 0 N–H and O–H groups in total. The summed E-state index contributed by atoms with van der Waals surface area (Å²) < 4.78 is 9.34. The molecule has 1 aliphatic rings. The summed E-state index contributed by atoms with van der Waals surface area (Å²) in [5.74, 6) is 0.680. The van der Waals surface area contributed by atoms with Gasteiger partial charge in [0.05, 0.1) is 28.9 Å². The Kier molecular flexibility index (Phi) is 5.74. The van der Waals surface area contributed by atoms with E-state index < -0.39 is 5.54 Å². The van der Waals surface area contributed by atoms with E-state index in [-0.39, 0.29) is 5.91 Å². The number of rotatable bonds is 3. The first-order valence-electron chi connectivity index (χ1n) is 10.8. The molecule has 4 nitrogen and oxygen atoms in total. The van der Waals surface area contributed by atoms with Gasteiger partial charge < -0.3 is 4.74 Å². The number of hydrogen-bond acceptors (Lipinski definition) is 4. The predicted molar refractivity (Wildman–Crippen MR) is 145 cm³/mol. The monoisotopic (exact) mass is 550 g/mol.